The molecular weight excluding hydrogens is 255 g/mol. The van der Waals surface area contributed by atoms with Crippen molar-refractivity contribution >= 4 is 0 Å². The average Bonchev–Trinajstić information content (AvgIpc) is 2.82. The quantitative estimate of drug-likeness (QED) is 0.866. The molecule has 0 aromatic heterocycles. The molecule has 0 radical (unpaired) electrons. The maximum Gasteiger partial charge on any atom is 0.123 e. The normalized spacial score (nSPS) is 21.6. The van der Waals surface area contributed by atoms with Gasteiger partial charge in [0.25, 0.3) is 0 Å². The van der Waals surface area contributed by atoms with E-state index in [0.29, 0.717) is 12.5 Å². The summed E-state index contributed by atoms with van der Waals surface area (Å²) in [6.07, 6.45) is 2.71. The van der Waals surface area contributed by atoms with Crippen LogP contribution in [-0.4, -0.2) is 54.7 Å². The number of aliphatic hydroxyl groups excluding tert-OH is 1. The van der Waals surface area contributed by atoms with E-state index >= 15 is 0 Å². The number of likely N-dealkylation sites (N-methyl/N-ethyl adjacent to an activating group) is 2. The fourth-order valence-electron chi connectivity index (χ4n) is 2.86. The Bertz CT molecular complexity index is 409. The van der Waals surface area contributed by atoms with Gasteiger partial charge in [-0.1, -0.05) is 12.1 Å². The molecule has 0 saturated carbocycles. The minimum atomic E-state index is -0.514. The highest BCUT2D eigenvalue weighted by Gasteiger charge is 2.22. The summed E-state index contributed by atoms with van der Waals surface area (Å²) in [4.78, 5) is 4.69. The van der Waals surface area contributed by atoms with E-state index in [4.69, 9.17) is 0 Å². The summed E-state index contributed by atoms with van der Waals surface area (Å²) in [7, 11) is 4.28. The monoisotopic (exact) mass is 280 g/mol. The third kappa shape index (κ3) is 4.27. The number of halogens is 1. The Balaban J connectivity index is 1.75. The van der Waals surface area contributed by atoms with Crippen molar-refractivity contribution in [2.75, 3.05) is 33.7 Å². The van der Waals surface area contributed by atoms with E-state index < -0.39 is 6.10 Å². The van der Waals surface area contributed by atoms with Crippen LogP contribution < -0.4 is 0 Å². The lowest BCUT2D eigenvalue weighted by molar-refractivity contribution is 0.140. The van der Waals surface area contributed by atoms with Gasteiger partial charge in [0, 0.05) is 19.1 Å². The van der Waals surface area contributed by atoms with Crippen LogP contribution in [0, 0.1) is 5.82 Å². The van der Waals surface area contributed by atoms with Crippen molar-refractivity contribution in [1.82, 2.24) is 9.80 Å². The summed E-state index contributed by atoms with van der Waals surface area (Å²) in [6, 6.07) is 6.75. The first-order valence-corrected chi connectivity index (χ1v) is 7.38. The Kier molecular flexibility index (Phi) is 5.52. The van der Waals surface area contributed by atoms with E-state index in [0.717, 1.165) is 18.7 Å². The number of benzene rings is 1. The molecule has 0 aliphatic carbocycles. The summed E-state index contributed by atoms with van der Waals surface area (Å²) >= 11 is 0. The Labute approximate surface area is 121 Å². The van der Waals surface area contributed by atoms with Crippen molar-refractivity contribution in [3.8, 4) is 0 Å². The molecule has 20 heavy (non-hydrogen) atoms. The highest BCUT2D eigenvalue weighted by molar-refractivity contribution is 5.18. The van der Waals surface area contributed by atoms with Gasteiger partial charge in [-0.15, -0.1) is 0 Å². The predicted octanol–water partition coefficient (Wildman–Crippen LogP) is 2.28. The zero-order valence-electron chi connectivity index (χ0n) is 12.4. The Morgan fingerprint density at radius 1 is 1.40 bits per heavy atom. The lowest BCUT2D eigenvalue weighted by Gasteiger charge is -2.26. The van der Waals surface area contributed by atoms with E-state index in [2.05, 4.69) is 23.9 Å². The summed E-state index contributed by atoms with van der Waals surface area (Å²) in [5.41, 5.74) is 0.790. The van der Waals surface area contributed by atoms with Gasteiger partial charge in [0.15, 0.2) is 0 Å². The van der Waals surface area contributed by atoms with Crippen molar-refractivity contribution in [2.45, 2.75) is 31.4 Å². The maximum atomic E-state index is 12.8. The molecular formula is C16H25FN2O. The van der Waals surface area contributed by atoms with E-state index in [1.54, 1.807) is 12.1 Å². The SMILES string of the molecule is CN(CCC(O)c1ccc(F)cc1)CC1CCCN1C. The highest BCUT2D eigenvalue weighted by Crippen LogP contribution is 2.19. The first-order valence-electron chi connectivity index (χ1n) is 7.38. The molecule has 1 saturated heterocycles. The van der Waals surface area contributed by atoms with Crippen molar-refractivity contribution in [2.24, 2.45) is 0 Å². The fourth-order valence-corrected chi connectivity index (χ4v) is 2.86. The van der Waals surface area contributed by atoms with Gasteiger partial charge in [0.2, 0.25) is 0 Å². The minimum Gasteiger partial charge on any atom is -0.388 e. The van der Waals surface area contributed by atoms with Gasteiger partial charge in [-0.2, -0.15) is 0 Å². The Morgan fingerprint density at radius 3 is 2.70 bits per heavy atom. The predicted molar refractivity (Wildman–Crippen MR) is 79.1 cm³/mol. The zero-order valence-corrected chi connectivity index (χ0v) is 12.4. The number of likely N-dealkylation sites (tertiary alicyclic amines) is 1. The molecule has 1 aliphatic heterocycles. The first kappa shape index (κ1) is 15.4. The van der Waals surface area contributed by atoms with Gasteiger partial charge in [0.1, 0.15) is 5.82 Å². The van der Waals surface area contributed by atoms with Crippen LogP contribution in [0.2, 0.25) is 0 Å². The van der Waals surface area contributed by atoms with E-state index in [1.807, 2.05) is 0 Å². The molecule has 0 spiro atoms. The van der Waals surface area contributed by atoms with Gasteiger partial charge in [-0.3, -0.25) is 0 Å². The second-order valence-electron chi connectivity index (χ2n) is 5.89. The van der Waals surface area contributed by atoms with Crippen LogP contribution in [0.5, 0.6) is 0 Å². The van der Waals surface area contributed by atoms with Crippen LogP contribution >= 0.6 is 0 Å². The molecule has 112 valence electrons. The number of aliphatic hydroxyl groups is 1. The zero-order chi connectivity index (χ0) is 14.5. The minimum absolute atomic E-state index is 0.262. The Morgan fingerprint density at radius 2 is 2.10 bits per heavy atom. The van der Waals surface area contributed by atoms with E-state index in [1.165, 1.54) is 31.5 Å². The number of hydrogen-bond acceptors (Lipinski definition) is 3. The smallest absolute Gasteiger partial charge is 0.123 e. The Hall–Kier alpha value is -0.970. The van der Waals surface area contributed by atoms with Gasteiger partial charge in [0.05, 0.1) is 6.10 Å². The molecule has 1 aromatic carbocycles. The molecule has 3 nitrogen and oxygen atoms in total. The lowest BCUT2D eigenvalue weighted by Crippen LogP contribution is -2.37. The molecule has 1 heterocycles. The largest absolute Gasteiger partial charge is 0.388 e. The van der Waals surface area contributed by atoms with Crippen molar-refractivity contribution in [1.29, 1.82) is 0 Å². The molecule has 4 heteroatoms. The van der Waals surface area contributed by atoms with Crippen molar-refractivity contribution in [3.63, 3.8) is 0 Å². The van der Waals surface area contributed by atoms with Crippen molar-refractivity contribution < 1.29 is 9.50 Å². The summed E-state index contributed by atoms with van der Waals surface area (Å²) in [5.74, 6) is -0.262. The van der Waals surface area contributed by atoms with Crippen molar-refractivity contribution in [3.05, 3.63) is 35.6 Å². The molecule has 0 amide bonds. The molecule has 1 N–H and O–H groups in total. The fraction of sp³-hybridized carbons (Fsp3) is 0.625. The topological polar surface area (TPSA) is 26.7 Å². The van der Waals surface area contributed by atoms with Crippen LogP contribution in [0.25, 0.3) is 0 Å². The number of hydrogen-bond donors (Lipinski definition) is 1. The molecule has 1 aliphatic rings. The molecule has 2 unspecified atom stereocenters. The summed E-state index contributed by atoms with van der Waals surface area (Å²) in [6.45, 7) is 3.09. The number of rotatable bonds is 6. The van der Waals surface area contributed by atoms with Crippen LogP contribution in [0.1, 0.15) is 30.9 Å². The third-order valence-electron chi connectivity index (χ3n) is 4.23. The number of nitrogens with zero attached hydrogens (tertiary/aromatic N) is 2. The first-order chi connectivity index (χ1) is 9.56. The molecule has 2 atom stereocenters. The van der Waals surface area contributed by atoms with E-state index in [9.17, 15) is 9.50 Å². The van der Waals surface area contributed by atoms with Crippen LogP contribution in [0.15, 0.2) is 24.3 Å². The van der Waals surface area contributed by atoms with Crippen LogP contribution in [0.3, 0.4) is 0 Å². The van der Waals surface area contributed by atoms with E-state index in [-0.39, 0.29) is 5.82 Å². The van der Waals surface area contributed by atoms with Gasteiger partial charge < -0.3 is 14.9 Å². The molecule has 1 fully saturated rings. The van der Waals surface area contributed by atoms with Gasteiger partial charge >= 0.3 is 0 Å². The lowest BCUT2D eigenvalue weighted by atomic mass is 10.1. The second kappa shape index (κ2) is 7.16. The summed E-state index contributed by atoms with van der Waals surface area (Å²) in [5, 5.41) is 10.1. The van der Waals surface area contributed by atoms with Gasteiger partial charge in [-0.05, 0) is 57.6 Å². The molecule has 1 aromatic rings. The maximum absolute atomic E-state index is 12.8. The third-order valence-corrected chi connectivity index (χ3v) is 4.23. The molecule has 0 bridgehead atoms. The highest BCUT2D eigenvalue weighted by atomic mass is 19.1. The van der Waals surface area contributed by atoms with Gasteiger partial charge in [-0.25, -0.2) is 4.39 Å². The average molecular weight is 280 g/mol. The molecule has 2 rings (SSSR count). The van der Waals surface area contributed by atoms with Crippen LogP contribution in [-0.2, 0) is 0 Å². The van der Waals surface area contributed by atoms with Crippen LogP contribution in [0.4, 0.5) is 4.39 Å². The standard InChI is InChI=1S/C16H25FN2O/c1-18(12-15-4-3-10-19(15)2)11-9-16(20)13-5-7-14(17)8-6-13/h5-8,15-16,20H,3-4,9-12H2,1-2H3. The second-order valence-corrected chi connectivity index (χ2v) is 5.89. The summed E-state index contributed by atoms with van der Waals surface area (Å²) < 4.78 is 12.8.